The maximum Gasteiger partial charge on any atom is 0.338 e. The summed E-state index contributed by atoms with van der Waals surface area (Å²) in [5, 5.41) is 1.02. The zero-order valence-corrected chi connectivity index (χ0v) is 12.0. The molecule has 2 aromatic heterocycles. The average molecular weight is 291 g/mol. The second-order valence-electron chi connectivity index (χ2n) is 5.02. The molecule has 0 aliphatic rings. The van der Waals surface area contributed by atoms with Crippen LogP contribution in [-0.4, -0.2) is 27.5 Å². The molecule has 0 aliphatic heterocycles. The molecule has 0 saturated carbocycles. The number of rotatable bonds is 2. The fourth-order valence-electron chi connectivity index (χ4n) is 2.60. The van der Waals surface area contributed by atoms with E-state index in [-0.39, 0.29) is 5.97 Å². The third-order valence-electron chi connectivity index (χ3n) is 3.61. The van der Waals surface area contributed by atoms with Gasteiger partial charge in [0.1, 0.15) is 5.52 Å². The van der Waals surface area contributed by atoms with Crippen LogP contribution in [0.1, 0.15) is 17.3 Å². The first kappa shape index (κ1) is 12.8. The Balaban J connectivity index is 1.97. The summed E-state index contributed by atoms with van der Waals surface area (Å²) in [7, 11) is 0. The minimum atomic E-state index is -0.342. The molecule has 5 nitrogen and oxygen atoms in total. The Morgan fingerprint density at radius 2 is 2.00 bits per heavy atom. The van der Waals surface area contributed by atoms with Crippen LogP contribution in [0.5, 0.6) is 0 Å². The van der Waals surface area contributed by atoms with Gasteiger partial charge in [0.15, 0.2) is 5.65 Å². The van der Waals surface area contributed by atoms with Crippen molar-refractivity contribution in [3.63, 3.8) is 0 Å². The molecular weight excluding hydrogens is 278 g/mol. The average Bonchev–Trinajstić information content (AvgIpc) is 2.90. The second kappa shape index (κ2) is 4.80. The standard InChI is InChI=1S/C17H13N3O2/c1-2-22-17(21)10-7-8-13-14(9-10)18-15-11-5-3-4-6-12(11)19-16(15)20-13/h3-9H,2H2,1H3,(H,19,20). The number of carbonyl (C=O) groups excluding carboxylic acids is 1. The van der Waals surface area contributed by atoms with Gasteiger partial charge in [0.25, 0.3) is 0 Å². The van der Waals surface area contributed by atoms with Crippen LogP contribution in [-0.2, 0) is 4.74 Å². The largest absolute Gasteiger partial charge is 0.462 e. The van der Waals surface area contributed by atoms with Crippen LogP contribution in [0, 0.1) is 0 Å². The molecule has 2 heterocycles. The number of esters is 1. The predicted octanol–water partition coefficient (Wildman–Crippen LogP) is 3.44. The van der Waals surface area contributed by atoms with E-state index in [0.717, 1.165) is 27.6 Å². The van der Waals surface area contributed by atoms with Crippen molar-refractivity contribution in [2.24, 2.45) is 0 Å². The minimum absolute atomic E-state index is 0.342. The van der Waals surface area contributed by atoms with Crippen LogP contribution in [0.2, 0.25) is 0 Å². The van der Waals surface area contributed by atoms with E-state index in [9.17, 15) is 4.79 Å². The molecule has 5 heteroatoms. The molecule has 22 heavy (non-hydrogen) atoms. The lowest BCUT2D eigenvalue weighted by atomic mass is 10.2. The van der Waals surface area contributed by atoms with Crippen molar-refractivity contribution in [3.05, 3.63) is 48.0 Å². The number of benzene rings is 2. The highest BCUT2D eigenvalue weighted by molar-refractivity contribution is 6.06. The van der Waals surface area contributed by atoms with Crippen molar-refractivity contribution in [1.29, 1.82) is 0 Å². The van der Waals surface area contributed by atoms with E-state index in [2.05, 4.69) is 15.0 Å². The summed E-state index contributed by atoms with van der Waals surface area (Å²) in [5.74, 6) is -0.342. The third kappa shape index (κ3) is 1.90. The van der Waals surface area contributed by atoms with Gasteiger partial charge in [0.05, 0.1) is 23.2 Å². The highest BCUT2D eigenvalue weighted by atomic mass is 16.5. The first-order valence-corrected chi connectivity index (χ1v) is 7.11. The molecule has 0 atom stereocenters. The number of para-hydroxylation sites is 1. The Hall–Kier alpha value is -2.95. The minimum Gasteiger partial charge on any atom is -0.462 e. The third-order valence-corrected chi connectivity index (χ3v) is 3.61. The number of fused-ring (bicyclic) bond motifs is 4. The number of nitrogens with one attached hydrogen (secondary N) is 1. The molecule has 0 bridgehead atoms. The summed E-state index contributed by atoms with van der Waals surface area (Å²) in [4.78, 5) is 24.4. The summed E-state index contributed by atoms with van der Waals surface area (Å²) in [6.45, 7) is 2.14. The molecule has 0 radical (unpaired) electrons. The topological polar surface area (TPSA) is 67.9 Å². The van der Waals surface area contributed by atoms with Gasteiger partial charge < -0.3 is 9.72 Å². The molecule has 4 rings (SSSR count). The van der Waals surface area contributed by atoms with Gasteiger partial charge in [0, 0.05) is 10.9 Å². The van der Waals surface area contributed by atoms with E-state index in [1.807, 2.05) is 24.3 Å². The lowest BCUT2D eigenvalue weighted by Gasteiger charge is -2.03. The van der Waals surface area contributed by atoms with Gasteiger partial charge in [-0.05, 0) is 31.2 Å². The Labute approximate surface area is 125 Å². The van der Waals surface area contributed by atoms with Crippen molar-refractivity contribution in [2.45, 2.75) is 6.92 Å². The van der Waals surface area contributed by atoms with E-state index in [1.54, 1.807) is 25.1 Å². The van der Waals surface area contributed by atoms with Crippen LogP contribution in [0.25, 0.3) is 33.1 Å². The van der Waals surface area contributed by atoms with E-state index in [1.165, 1.54) is 0 Å². The van der Waals surface area contributed by atoms with Gasteiger partial charge in [-0.3, -0.25) is 0 Å². The Morgan fingerprint density at radius 1 is 1.14 bits per heavy atom. The Bertz CT molecular complexity index is 1020. The van der Waals surface area contributed by atoms with Gasteiger partial charge in [-0.2, -0.15) is 0 Å². The molecule has 0 amide bonds. The number of aromatic amines is 1. The highest BCUT2D eigenvalue weighted by Gasteiger charge is 2.11. The molecule has 0 fully saturated rings. The number of nitrogens with zero attached hydrogens (tertiary/aromatic N) is 2. The van der Waals surface area contributed by atoms with Gasteiger partial charge in [-0.15, -0.1) is 0 Å². The van der Waals surface area contributed by atoms with Crippen molar-refractivity contribution in [1.82, 2.24) is 15.0 Å². The Morgan fingerprint density at radius 3 is 2.86 bits per heavy atom. The van der Waals surface area contributed by atoms with E-state index in [0.29, 0.717) is 17.7 Å². The zero-order chi connectivity index (χ0) is 15.1. The summed E-state index contributed by atoms with van der Waals surface area (Å²) in [5.41, 5.74) is 4.47. The summed E-state index contributed by atoms with van der Waals surface area (Å²) < 4.78 is 5.03. The van der Waals surface area contributed by atoms with Gasteiger partial charge in [-0.25, -0.2) is 14.8 Å². The van der Waals surface area contributed by atoms with Crippen LogP contribution < -0.4 is 0 Å². The van der Waals surface area contributed by atoms with Crippen molar-refractivity contribution >= 4 is 39.1 Å². The van der Waals surface area contributed by atoms with Crippen LogP contribution in [0.3, 0.4) is 0 Å². The fraction of sp³-hybridized carbons (Fsp3) is 0.118. The maximum atomic E-state index is 11.8. The molecule has 4 aromatic rings. The molecular formula is C17H13N3O2. The molecule has 0 spiro atoms. The smallest absolute Gasteiger partial charge is 0.338 e. The number of hydrogen-bond donors (Lipinski definition) is 1. The van der Waals surface area contributed by atoms with Gasteiger partial charge in [0.2, 0.25) is 0 Å². The number of hydrogen-bond acceptors (Lipinski definition) is 4. The van der Waals surface area contributed by atoms with Crippen LogP contribution in [0.15, 0.2) is 42.5 Å². The molecule has 0 aliphatic carbocycles. The van der Waals surface area contributed by atoms with E-state index < -0.39 is 0 Å². The first-order chi connectivity index (χ1) is 10.8. The van der Waals surface area contributed by atoms with Crippen molar-refractivity contribution < 1.29 is 9.53 Å². The second-order valence-corrected chi connectivity index (χ2v) is 5.02. The van der Waals surface area contributed by atoms with Gasteiger partial charge >= 0.3 is 5.97 Å². The Kier molecular flexibility index (Phi) is 2.79. The van der Waals surface area contributed by atoms with Crippen molar-refractivity contribution in [3.8, 4) is 0 Å². The lowest BCUT2D eigenvalue weighted by Crippen LogP contribution is -2.04. The highest BCUT2D eigenvalue weighted by Crippen LogP contribution is 2.24. The number of H-pyrrole nitrogens is 1. The number of carbonyl (C=O) groups is 1. The van der Waals surface area contributed by atoms with E-state index >= 15 is 0 Å². The molecule has 108 valence electrons. The lowest BCUT2D eigenvalue weighted by molar-refractivity contribution is 0.0526. The quantitative estimate of drug-likeness (QED) is 0.574. The molecule has 1 N–H and O–H groups in total. The van der Waals surface area contributed by atoms with Gasteiger partial charge in [-0.1, -0.05) is 18.2 Å². The monoisotopic (exact) mass is 291 g/mol. The van der Waals surface area contributed by atoms with E-state index in [4.69, 9.17) is 4.74 Å². The van der Waals surface area contributed by atoms with Crippen molar-refractivity contribution in [2.75, 3.05) is 6.61 Å². The molecule has 0 saturated heterocycles. The zero-order valence-electron chi connectivity index (χ0n) is 12.0. The summed E-state index contributed by atoms with van der Waals surface area (Å²) in [6, 6.07) is 13.2. The summed E-state index contributed by atoms with van der Waals surface area (Å²) >= 11 is 0. The fourth-order valence-corrected chi connectivity index (χ4v) is 2.60. The first-order valence-electron chi connectivity index (χ1n) is 7.11. The predicted molar refractivity (Wildman–Crippen MR) is 84.9 cm³/mol. The SMILES string of the molecule is CCOC(=O)c1ccc2nc3[nH]c4ccccc4c3nc2c1. The number of ether oxygens (including phenoxy) is 1. The van der Waals surface area contributed by atoms with Crippen LogP contribution in [0.4, 0.5) is 0 Å². The van der Waals surface area contributed by atoms with Crippen LogP contribution >= 0.6 is 0 Å². The molecule has 0 unspecified atom stereocenters. The molecule has 2 aromatic carbocycles. The summed E-state index contributed by atoms with van der Waals surface area (Å²) in [6.07, 6.45) is 0. The number of aromatic nitrogens is 3. The normalized spacial score (nSPS) is 11.3. The maximum absolute atomic E-state index is 11.8.